The lowest BCUT2D eigenvalue weighted by atomic mass is 10.00. The van der Waals surface area contributed by atoms with Crippen LogP contribution in [0.4, 0.5) is 0 Å². The van der Waals surface area contributed by atoms with Crippen LogP contribution in [0.15, 0.2) is 58.5 Å². The van der Waals surface area contributed by atoms with E-state index in [1.165, 1.54) is 22.9 Å². The third kappa shape index (κ3) is 4.38. The van der Waals surface area contributed by atoms with Gasteiger partial charge in [-0.25, -0.2) is 4.98 Å². The Hall–Kier alpha value is -2.64. The number of aromatic nitrogens is 2. The number of ether oxygens (including phenoxy) is 1. The predicted molar refractivity (Wildman–Crippen MR) is 123 cm³/mol. The molecule has 1 aromatic heterocycles. The zero-order chi connectivity index (χ0) is 22.0. The minimum atomic E-state index is -0.362. The zero-order valence-corrected chi connectivity index (χ0v) is 18.9. The Bertz CT molecular complexity index is 1160. The maximum atomic E-state index is 13.2. The Morgan fingerprint density at radius 1 is 1.13 bits per heavy atom. The minimum Gasteiger partial charge on any atom is -0.383 e. The fourth-order valence-electron chi connectivity index (χ4n) is 4.06. The summed E-state index contributed by atoms with van der Waals surface area (Å²) < 4.78 is 6.95. The number of benzene rings is 2. The Balaban J connectivity index is 1.62. The Kier molecular flexibility index (Phi) is 6.43. The van der Waals surface area contributed by atoms with E-state index in [1.807, 2.05) is 49.1 Å². The van der Waals surface area contributed by atoms with Crippen LogP contribution >= 0.6 is 11.8 Å². The summed E-state index contributed by atoms with van der Waals surface area (Å²) in [7, 11) is 1.61. The van der Waals surface area contributed by atoms with Crippen LogP contribution in [0.3, 0.4) is 0 Å². The minimum absolute atomic E-state index is 0.0628. The van der Waals surface area contributed by atoms with Gasteiger partial charge >= 0.3 is 0 Å². The summed E-state index contributed by atoms with van der Waals surface area (Å²) in [5, 5.41) is 0.757. The highest BCUT2D eigenvalue weighted by atomic mass is 32.2. The van der Waals surface area contributed by atoms with Gasteiger partial charge in [0.25, 0.3) is 5.56 Å². The molecule has 0 saturated carbocycles. The van der Waals surface area contributed by atoms with Gasteiger partial charge in [0.15, 0.2) is 5.16 Å². The van der Waals surface area contributed by atoms with E-state index >= 15 is 0 Å². The van der Waals surface area contributed by atoms with E-state index in [4.69, 9.17) is 9.72 Å². The smallest absolute Gasteiger partial charge is 0.262 e. The van der Waals surface area contributed by atoms with Gasteiger partial charge in [0.05, 0.1) is 28.8 Å². The lowest BCUT2D eigenvalue weighted by Crippen LogP contribution is -2.40. The van der Waals surface area contributed by atoms with Gasteiger partial charge in [-0.05, 0) is 43.5 Å². The molecule has 2 aromatic carbocycles. The van der Waals surface area contributed by atoms with Gasteiger partial charge in [0.2, 0.25) is 5.91 Å². The molecule has 1 aliphatic rings. The van der Waals surface area contributed by atoms with Gasteiger partial charge in [-0.3, -0.25) is 14.2 Å². The van der Waals surface area contributed by atoms with Crippen molar-refractivity contribution in [3.8, 4) is 0 Å². The van der Waals surface area contributed by atoms with E-state index in [0.29, 0.717) is 35.8 Å². The van der Waals surface area contributed by atoms with Crippen LogP contribution in [0.1, 0.15) is 31.0 Å². The van der Waals surface area contributed by atoms with Crippen molar-refractivity contribution in [3.63, 3.8) is 0 Å². The zero-order valence-electron chi connectivity index (χ0n) is 18.1. The van der Waals surface area contributed by atoms with Crippen LogP contribution in [-0.2, 0) is 22.5 Å². The van der Waals surface area contributed by atoms with Crippen molar-refractivity contribution in [3.05, 3.63) is 70.0 Å². The number of hydrogen-bond donors (Lipinski definition) is 0. The van der Waals surface area contributed by atoms with E-state index < -0.39 is 0 Å². The van der Waals surface area contributed by atoms with Crippen molar-refractivity contribution in [2.24, 2.45) is 0 Å². The standard InChI is InChI=1S/C24H27N3O3S/c1-16(15-30-3)27-23(29)20-10-6-7-11-21(20)25-24(27)31-17(2)22(28)26-13-12-18-8-4-5-9-19(18)14-26/h4-11,16-17H,12-15H2,1-3H3/t16-,17+/m0/s1. The van der Waals surface area contributed by atoms with Crippen molar-refractivity contribution in [1.29, 1.82) is 0 Å². The molecule has 0 bridgehead atoms. The first-order valence-corrected chi connectivity index (χ1v) is 11.4. The number of carbonyl (C=O) groups excluding carboxylic acids is 1. The Labute approximate surface area is 186 Å². The molecule has 0 N–H and O–H groups in total. The second-order valence-corrected chi connectivity index (χ2v) is 9.24. The highest BCUT2D eigenvalue weighted by Gasteiger charge is 2.27. The summed E-state index contributed by atoms with van der Waals surface area (Å²) in [6.45, 7) is 5.54. The summed E-state index contributed by atoms with van der Waals surface area (Å²) in [4.78, 5) is 33.1. The van der Waals surface area contributed by atoms with Crippen LogP contribution in [0, 0.1) is 0 Å². The lowest BCUT2D eigenvalue weighted by molar-refractivity contribution is -0.131. The van der Waals surface area contributed by atoms with Gasteiger partial charge in [0.1, 0.15) is 0 Å². The molecule has 4 rings (SSSR count). The van der Waals surface area contributed by atoms with Crippen molar-refractivity contribution in [2.45, 2.75) is 43.3 Å². The Morgan fingerprint density at radius 3 is 2.61 bits per heavy atom. The number of fused-ring (bicyclic) bond motifs is 2. The van der Waals surface area contributed by atoms with Crippen molar-refractivity contribution in [2.75, 3.05) is 20.3 Å². The third-order valence-electron chi connectivity index (χ3n) is 5.70. The average molecular weight is 438 g/mol. The molecule has 6 nitrogen and oxygen atoms in total. The molecular weight excluding hydrogens is 410 g/mol. The van der Waals surface area contributed by atoms with Gasteiger partial charge in [0, 0.05) is 20.2 Å². The summed E-state index contributed by atoms with van der Waals surface area (Å²) in [5.74, 6) is 0.0628. The van der Waals surface area contributed by atoms with Crippen molar-refractivity contribution >= 4 is 28.6 Å². The summed E-state index contributed by atoms with van der Waals surface area (Å²) in [5.41, 5.74) is 3.05. The number of methoxy groups -OCH3 is 1. The van der Waals surface area contributed by atoms with E-state index in [9.17, 15) is 9.59 Å². The van der Waals surface area contributed by atoms with E-state index in [0.717, 1.165) is 6.42 Å². The topological polar surface area (TPSA) is 64.4 Å². The highest BCUT2D eigenvalue weighted by molar-refractivity contribution is 8.00. The van der Waals surface area contributed by atoms with Crippen LogP contribution in [0.5, 0.6) is 0 Å². The molecule has 0 unspecified atom stereocenters. The molecule has 7 heteroatoms. The molecule has 3 aromatic rings. The average Bonchev–Trinajstić information content (AvgIpc) is 2.78. The third-order valence-corrected chi connectivity index (χ3v) is 6.75. The van der Waals surface area contributed by atoms with Crippen molar-refractivity contribution < 1.29 is 9.53 Å². The molecule has 0 radical (unpaired) electrons. The number of thioether (sulfide) groups is 1. The first-order valence-electron chi connectivity index (χ1n) is 10.5. The van der Waals surface area contributed by atoms with E-state index in [1.54, 1.807) is 17.7 Å². The van der Waals surface area contributed by atoms with Crippen molar-refractivity contribution in [1.82, 2.24) is 14.5 Å². The van der Waals surface area contributed by atoms with Gasteiger partial charge in [-0.15, -0.1) is 0 Å². The summed E-state index contributed by atoms with van der Waals surface area (Å²) >= 11 is 1.34. The van der Waals surface area contributed by atoms with E-state index in [2.05, 4.69) is 12.1 Å². The SMILES string of the molecule is COC[C@H](C)n1c(S[C@H](C)C(=O)N2CCc3ccccc3C2)nc2ccccc2c1=O. The second-order valence-electron chi connectivity index (χ2n) is 7.93. The monoisotopic (exact) mass is 437 g/mol. The van der Waals surface area contributed by atoms with Crippen LogP contribution in [0.2, 0.25) is 0 Å². The first-order chi connectivity index (χ1) is 15.0. The molecule has 31 heavy (non-hydrogen) atoms. The molecular formula is C24H27N3O3S. The number of hydrogen-bond acceptors (Lipinski definition) is 5. The summed E-state index contributed by atoms with van der Waals surface area (Å²) in [6, 6.07) is 15.4. The normalized spacial score (nSPS) is 15.5. The molecule has 1 amide bonds. The maximum Gasteiger partial charge on any atom is 0.262 e. The maximum absolute atomic E-state index is 13.2. The number of carbonyl (C=O) groups is 1. The Morgan fingerprint density at radius 2 is 1.84 bits per heavy atom. The highest BCUT2D eigenvalue weighted by Crippen LogP contribution is 2.28. The largest absolute Gasteiger partial charge is 0.383 e. The van der Waals surface area contributed by atoms with Crippen LogP contribution < -0.4 is 5.56 Å². The molecule has 162 valence electrons. The number of nitrogens with zero attached hydrogens (tertiary/aromatic N) is 3. The molecule has 2 heterocycles. The number of rotatable bonds is 6. The summed E-state index contributed by atoms with van der Waals surface area (Å²) in [6.07, 6.45) is 0.864. The van der Waals surface area contributed by atoms with Gasteiger partial charge in [-0.2, -0.15) is 0 Å². The van der Waals surface area contributed by atoms with Crippen LogP contribution in [0.25, 0.3) is 10.9 Å². The number of para-hydroxylation sites is 1. The molecule has 1 aliphatic heterocycles. The number of amides is 1. The predicted octanol–water partition coefficient (Wildman–Crippen LogP) is 3.67. The fourth-order valence-corrected chi connectivity index (χ4v) is 5.16. The second kappa shape index (κ2) is 9.24. The molecule has 0 spiro atoms. The van der Waals surface area contributed by atoms with Gasteiger partial charge in [-0.1, -0.05) is 48.2 Å². The molecule has 0 aliphatic carbocycles. The van der Waals surface area contributed by atoms with Gasteiger partial charge < -0.3 is 9.64 Å². The molecule has 0 saturated heterocycles. The fraction of sp³-hybridized carbons (Fsp3) is 0.375. The lowest BCUT2D eigenvalue weighted by Gasteiger charge is -2.31. The molecule has 2 atom stereocenters. The molecule has 0 fully saturated rings. The quantitative estimate of drug-likeness (QED) is 0.435. The first kappa shape index (κ1) is 21.6. The van der Waals surface area contributed by atoms with E-state index in [-0.39, 0.29) is 22.8 Å². The van der Waals surface area contributed by atoms with Crippen LogP contribution in [-0.4, -0.2) is 45.9 Å².